The maximum atomic E-state index is 9.20. The molecule has 0 aromatic carbocycles. The molecule has 1 fully saturated rings. The van der Waals surface area contributed by atoms with Crippen molar-refractivity contribution in [2.75, 3.05) is 5.32 Å². The Bertz CT molecular complexity index is 448. The molecule has 3 heteroatoms. The number of nitrogens with zero attached hydrogens (tertiary/aromatic N) is 2. The van der Waals surface area contributed by atoms with Crippen LogP contribution in [0.4, 0.5) is 5.82 Å². The number of anilines is 1. The minimum absolute atomic E-state index is 0.477. The normalized spacial score (nSPS) is 23.4. The maximum absolute atomic E-state index is 9.20. The van der Waals surface area contributed by atoms with Crippen LogP contribution in [0, 0.1) is 24.2 Å². The fourth-order valence-electron chi connectivity index (χ4n) is 2.80. The molecular formula is C15H21N3. The molecule has 0 saturated heterocycles. The van der Waals surface area contributed by atoms with Crippen LogP contribution in [-0.2, 0) is 0 Å². The molecule has 1 aromatic heterocycles. The lowest BCUT2D eigenvalue weighted by Crippen LogP contribution is -2.27. The van der Waals surface area contributed by atoms with Gasteiger partial charge in [-0.1, -0.05) is 26.2 Å². The van der Waals surface area contributed by atoms with Crippen molar-refractivity contribution in [2.24, 2.45) is 5.92 Å². The van der Waals surface area contributed by atoms with E-state index in [4.69, 9.17) is 0 Å². The van der Waals surface area contributed by atoms with Crippen LogP contribution >= 0.6 is 0 Å². The molecule has 1 aromatic rings. The van der Waals surface area contributed by atoms with E-state index in [2.05, 4.69) is 23.3 Å². The lowest BCUT2D eigenvalue weighted by Gasteiger charge is -2.29. The highest BCUT2D eigenvalue weighted by molar-refractivity contribution is 5.55. The Labute approximate surface area is 109 Å². The van der Waals surface area contributed by atoms with Gasteiger partial charge in [0.15, 0.2) is 0 Å². The molecule has 18 heavy (non-hydrogen) atoms. The van der Waals surface area contributed by atoms with Crippen molar-refractivity contribution < 1.29 is 0 Å². The lowest BCUT2D eigenvalue weighted by molar-refractivity contribution is 0.327. The molecule has 1 heterocycles. The Morgan fingerprint density at radius 1 is 1.50 bits per heavy atom. The SMILES string of the molecule is CCC1CCCC(Nc2nccc(C)c2C#N)C1. The fraction of sp³-hybridized carbons (Fsp3) is 0.600. The van der Waals surface area contributed by atoms with Gasteiger partial charge in [-0.25, -0.2) is 4.98 Å². The van der Waals surface area contributed by atoms with Crippen LogP contribution in [0.5, 0.6) is 0 Å². The number of hydrogen-bond donors (Lipinski definition) is 1. The molecule has 1 N–H and O–H groups in total. The zero-order valence-electron chi connectivity index (χ0n) is 11.2. The summed E-state index contributed by atoms with van der Waals surface area (Å²) < 4.78 is 0. The predicted molar refractivity (Wildman–Crippen MR) is 73.3 cm³/mol. The van der Waals surface area contributed by atoms with Gasteiger partial charge in [-0.2, -0.15) is 5.26 Å². The van der Waals surface area contributed by atoms with Crippen LogP contribution in [0.15, 0.2) is 12.3 Å². The number of nitriles is 1. The van der Waals surface area contributed by atoms with Gasteiger partial charge < -0.3 is 5.32 Å². The van der Waals surface area contributed by atoms with Crippen LogP contribution in [-0.4, -0.2) is 11.0 Å². The van der Waals surface area contributed by atoms with E-state index in [1.807, 2.05) is 13.0 Å². The van der Waals surface area contributed by atoms with E-state index in [-0.39, 0.29) is 0 Å². The van der Waals surface area contributed by atoms with Gasteiger partial charge in [-0.05, 0) is 37.3 Å². The molecule has 2 unspecified atom stereocenters. The molecule has 2 atom stereocenters. The van der Waals surface area contributed by atoms with Gasteiger partial charge in [0.25, 0.3) is 0 Å². The average molecular weight is 243 g/mol. The van der Waals surface area contributed by atoms with E-state index in [0.29, 0.717) is 11.6 Å². The van der Waals surface area contributed by atoms with E-state index >= 15 is 0 Å². The topological polar surface area (TPSA) is 48.7 Å². The summed E-state index contributed by atoms with van der Waals surface area (Å²) in [6, 6.07) is 4.62. The minimum atomic E-state index is 0.477. The number of pyridine rings is 1. The zero-order chi connectivity index (χ0) is 13.0. The first kappa shape index (κ1) is 12.9. The lowest BCUT2D eigenvalue weighted by atomic mass is 9.84. The van der Waals surface area contributed by atoms with Crippen LogP contribution < -0.4 is 5.32 Å². The maximum Gasteiger partial charge on any atom is 0.144 e. The van der Waals surface area contributed by atoms with Crippen LogP contribution in [0.1, 0.15) is 50.2 Å². The van der Waals surface area contributed by atoms with E-state index in [1.165, 1.54) is 32.1 Å². The molecule has 0 amide bonds. The molecule has 1 aliphatic rings. The third-order valence-electron chi connectivity index (χ3n) is 3.97. The average Bonchev–Trinajstić information content (AvgIpc) is 2.39. The minimum Gasteiger partial charge on any atom is -0.366 e. The molecule has 3 nitrogen and oxygen atoms in total. The summed E-state index contributed by atoms with van der Waals surface area (Å²) in [5.74, 6) is 1.59. The first-order valence-electron chi connectivity index (χ1n) is 6.86. The van der Waals surface area contributed by atoms with Crippen LogP contribution in [0.25, 0.3) is 0 Å². The molecule has 1 saturated carbocycles. The Balaban J connectivity index is 2.10. The molecule has 1 aliphatic carbocycles. The summed E-state index contributed by atoms with van der Waals surface area (Å²) in [6.45, 7) is 4.22. The molecule has 0 radical (unpaired) electrons. The molecule has 2 rings (SSSR count). The summed E-state index contributed by atoms with van der Waals surface area (Å²) in [4.78, 5) is 4.32. The number of hydrogen-bond acceptors (Lipinski definition) is 3. The van der Waals surface area contributed by atoms with Gasteiger partial charge >= 0.3 is 0 Å². The van der Waals surface area contributed by atoms with Crippen molar-refractivity contribution in [1.82, 2.24) is 4.98 Å². The second-order valence-electron chi connectivity index (χ2n) is 5.25. The second-order valence-corrected chi connectivity index (χ2v) is 5.25. The van der Waals surface area contributed by atoms with Crippen molar-refractivity contribution in [1.29, 1.82) is 5.26 Å². The van der Waals surface area contributed by atoms with E-state index in [1.54, 1.807) is 6.20 Å². The van der Waals surface area contributed by atoms with Crippen molar-refractivity contribution in [3.8, 4) is 6.07 Å². The Morgan fingerprint density at radius 2 is 2.33 bits per heavy atom. The van der Waals surface area contributed by atoms with Crippen LogP contribution in [0.2, 0.25) is 0 Å². The van der Waals surface area contributed by atoms with E-state index < -0.39 is 0 Å². The molecule has 96 valence electrons. The van der Waals surface area contributed by atoms with E-state index in [9.17, 15) is 5.26 Å². The highest BCUT2D eigenvalue weighted by Crippen LogP contribution is 2.29. The van der Waals surface area contributed by atoms with Crippen molar-refractivity contribution in [3.63, 3.8) is 0 Å². The van der Waals surface area contributed by atoms with Crippen LogP contribution in [0.3, 0.4) is 0 Å². The fourth-order valence-corrected chi connectivity index (χ4v) is 2.80. The Hall–Kier alpha value is -1.56. The van der Waals surface area contributed by atoms with Crippen molar-refractivity contribution in [2.45, 2.75) is 52.0 Å². The van der Waals surface area contributed by atoms with E-state index in [0.717, 1.165) is 17.3 Å². The highest BCUT2D eigenvalue weighted by atomic mass is 15.0. The molecule has 0 aliphatic heterocycles. The summed E-state index contributed by atoms with van der Waals surface area (Å²) in [5, 5.41) is 12.7. The summed E-state index contributed by atoms with van der Waals surface area (Å²) in [5.41, 5.74) is 1.69. The summed E-state index contributed by atoms with van der Waals surface area (Å²) in [7, 11) is 0. The first-order chi connectivity index (χ1) is 8.74. The highest BCUT2D eigenvalue weighted by Gasteiger charge is 2.21. The number of rotatable bonds is 3. The quantitative estimate of drug-likeness (QED) is 0.881. The number of aryl methyl sites for hydroxylation is 1. The largest absolute Gasteiger partial charge is 0.366 e. The summed E-state index contributed by atoms with van der Waals surface area (Å²) >= 11 is 0. The van der Waals surface area contributed by atoms with Gasteiger partial charge in [0.1, 0.15) is 11.9 Å². The van der Waals surface area contributed by atoms with Gasteiger partial charge in [-0.3, -0.25) is 0 Å². The predicted octanol–water partition coefficient (Wildman–Crippen LogP) is 3.64. The third kappa shape index (κ3) is 2.81. The Morgan fingerprint density at radius 3 is 3.06 bits per heavy atom. The second kappa shape index (κ2) is 5.86. The smallest absolute Gasteiger partial charge is 0.144 e. The van der Waals surface area contributed by atoms with Gasteiger partial charge in [0.05, 0.1) is 5.56 Å². The molecule has 0 spiro atoms. The summed E-state index contributed by atoms with van der Waals surface area (Å²) in [6.07, 6.45) is 8.06. The standard InChI is InChI=1S/C15H21N3/c1-3-12-5-4-6-13(9-12)18-15-14(10-16)11(2)7-8-17-15/h7-8,12-13H,3-6,9H2,1-2H3,(H,17,18). The first-order valence-corrected chi connectivity index (χ1v) is 6.86. The number of aromatic nitrogens is 1. The Kier molecular flexibility index (Phi) is 4.19. The van der Waals surface area contributed by atoms with Gasteiger partial charge in [-0.15, -0.1) is 0 Å². The monoisotopic (exact) mass is 243 g/mol. The van der Waals surface area contributed by atoms with Crippen molar-refractivity contribution >= 4 is 5.82 Å². The molecule has 0 bridgehead atoms. The van der Waals surface area contributed by atoms with Gasteiger partial charge in [0.2, 0.25) is 0 Å². The number of nitrogens with one attached hydrogen (secondary N) is 1. The zero-order valence-corrected chi connectivity index (χ0v) is 11.2. The molecular weight excluding hydrogens is 222 g/mol. The third-order valence-corrected chi connectivity index (χ3v) is 3.97. The van der Waals surface area contributed by atoms with Crippen molar-refractivity contribution in [3.05, 3.63) is 23.4 Å². The van der Waals surface area contributed by atoms with Gasteiger partial charge in [0, 0.05) is 12.2 Å².